The first-order valence-corrected chi connectivity index (χ1v) is 7.05. The third-order valence-corrected chi connectivity index (χ3v) is 4.31. The molecule has 96 valence electrons. The molecule has 1 aromatic carbocycles. The van der Waals surface area contributed by atoms with Gasteiger partial charge < -0.3 is 15.2 Å². The molecule has 1 fully saturated rings. The van der Waals surface area contributed by atoms with Gasteiger partial charge in [-0.25, -0.2) is 4.98 Å². The second-order valence-electron chi connectivity index (χ2n) is 4.72. The fourth-order valence-corrected chi connectivity index (χ4v) is 3.11. The van der Waals surface area contributed by atoms with Crippen LogP contribution in [-0.4, -0.2) is 29.3 Å². The Morgan fingerprint density at radius 1 is 1.56 bits per heavy atom. The van der Waals surface area contributed by atoms with Gasteiger partial charge in [0.15, 0.2) is 0 Å². The molecule has 0 unspecified atom stereocenters. The number of aromatic nitrogens is 1. The number of aromatic hydroxyl groups is 1. The molecule has 0 bridgehead atoms. The van der Waals surface area contributed by atoms with Crippen molar-refractivity contribution in [2.24, 2.45) is 5.92 Å². The third kappa shape index (κ3) is 2.15. The lowest BCUT2D eigenvalue weighted by atomic mass is 10.0. The van der Waals surface area contributed by atoms with Crippen LogP contribution >= 0.6 is 11.3 Å². The average Bonchev–Trinajstić information content (AvgIpc) is 2.98. The molecule has 2 heterocycles. The van der Waals surface area contributed by atoms with E-state index in [9.17, 15) is 5.11 Å². The van der Waals surface area contributed by atoms with Crippen molar-refractivity contribution in [1.29, 1.82) is 0 Å². The number of thiazole rings is 1. The standard InChI is InChI=1S/C13H16N2O2S/c1-8(9-2-3-14-6-9)17-12-5-10(16)4-11-13(12)18-7-15-11/h4-5,7-9,14,16H,2-3,6H2,1H3/t8-,9-/m1/s1. The normalized spacial score (nSPS) is 21.3. The smallest absolute Gasteiger partial charge is 0.142 e. The highest BCUT2D eigenvalue weighted by molar-refractivity contribution is 7.17. The van der Waals surface area contributed by atoms with Crippen LogP contribution < -0.4 is 10.1 Å². The van der Waals surface area contributed by atoms with Crippen LogP contribution in [0, 0.1) is 5.92 Å². The summed E-state index contributed by atoms with van der Waals surface area (Å²) in [6, 6.07) is 3.35. The second kappa shape index (κ2) is 4.74. The molecule has 1 aliphatic rings. The Balaban J connectivity index is 1.86. The van der Waals surface area contributed by atoms with E-state index in [0.29, 0.717) is 5.92 Å². The lowest BCUT2D eigenvalue weighted by Gasteiger charge is -2.20. The van der Waals surface area contributed by atoms with E-state index in [1.165, 1.54) is 0 Å². The van der Waals surface area contributed by atoms with Crippen molar-refractivity contribution in [3.8, 4) is 11.5 Å². The molecule has 1 saturated heterocycles. The second-order valence-corrected chi connectivity index (χ2v) is 5.58. The van der Waals surface area contributed by atoms with Crippen molar-refractivity contribution < 1.29 is 9.84 Å². The first-order valence-electron chi connectivity index (χ1n) is 6.17. The van der Waals surface area contributed by atoms with Gasteiger partial charge in [-0.05, 0) is 19.9 Å². The predicted molar refractivity (Wildman–Crippen MR) is 72.4 cm³/mol. The SMILES string of the molecule is C[C@@H](Oc1cc(O)cc2ncsc12)[C@@H]1CCNC1. The van der Waals surface area contributed by atoms with Crippen LogP contribution in [-0.2, 0) is 0 Å². The topological polar surface area (TPSA) is 54.4 Å². The molecule has 0 saturated carbocycles. The predicted octanol–water partition coefficient (Wildman–Crippen LogP) is 2.38. The molecule has 0 aliphatic carbocycles. The lowest BCUT2D eigenvalue weighted by Crippen LogP contribution is -2.25. The summed E-state index contributed by atoms with van der Waals surface area (Å²) >= 11 is 1.54. The monoisotopic (exact) mass is 264 g/mol. The Morgan fingerprint density at radius 2 is 2.44 bits per heavy atom. The van der Waals surface area contributed by atoms with Gasteiger partial charge in [-0.3, -0.25) is 0 Å². The molecule has 1 aromatic heterocycles. The van der Waals surface area contributed by atoms with Gasteiger partial charge in [0.1, 0.15) is 17.6 Å². The number of phenolic OH excluding ortho intramolecular Hbond substituents is 1. The number of nitrogens with one attached hydrogen (secondary N) is 1. The Labute approximate surface area is 110 Å². The molecule has 2 atom stereocenters. The molecule has 0 spiro atoms. The van der Waals surface area contributed by atoms with E-state index < -0.39 is 0 Å². The fourth-order valence-electron chi connectivity index (χ4n) is 2.39. The number of hydrogen-bond acceptors (Lipinski definition) is 5. The molecule has 3 rings (SSSR count). The summed E-state index contributed by atoms with van der Waals surface area (Å²) < 4.78 is 7.03. The summed E-state index contributed by atoms with van der Waals surface area (Å²) in [7, 11) is 0. The molecule has 2 N–H and O–H groups in total. The minimum atomic E-state index is 0.145. The van der Waals surface area contributed by atoms with E-state index in [4.69, 9.17) is 4.74 Å². The average molecular weight is 264 g/mol. The summed E-state index contributed by atoms with van der Waals surface area (Å²) in [6.45, 7) is 4.16. The van der Waals surface area contributed by atoms with Crippen LogP contribution in [0.3, 0.4) is 0 Å². The summed E-state index contributed by atoms with van der Waals surface area (Å²) in [4.78, 5) is 4.21. The summed E-state index contributed by atoms with van der Waals surface area (Å²) in [5, 5.41) is 13.0. The van der Waals surface area contributed by atoms with Gasteiger partial charge in [-0.2, -0.15) is 0 Å². The highest BCUT2D eigenvalue weighted by Gasteiger charge is 2.23. The van der Waals surface area contributed by atoms with Crippen molar-refractivity contribution in [3.63, 3.8) is 0 Å². The van der Waals surface area contributed by atoms with Crippen LogP contribution in [0.4, 0.5) is 0 Å². The molecule has 5 heteroatoms. The van der Waals surface area contributed by atoms with Gasteiger partial charge in [-0.1, -0.05) is 0 Å². The highest BCUT2D eigenvalue weighted by Crippen LogP contribution is 2.34. The summed E-state index contributed by atoms with van der Waals surface area (Å²) in [5.41, 5.74) is 2.57. The first-order chi connectivity index (χ1) is 8.74. The number of fused-ring (bicyclic) bond motifs is 1. The minimum absolute atomic E-state index is 0.145. The Bertz CT molecular complexity index is 549. The molecule has 0 amide bonds. The minimum Gasteiger partial charge on any atom is -0.508 e. The Hall–Kier alpha value is -1.33. The van der Waals surface area contributed by atoms with Crippen LogP contribution in [0.2, 0.25) is 0 Å². The Morgan fingerprint density at radius 3 is 3.22 bits per heavy atom. The zero-order valence-corrected chi connectivity index (χ0v) is 11.0. The van der Waals surface area contributed by atoms with E-state index in [-0.39, 0.29) is 11.9 Å². The molecule has 0 radical (unpaired) electrons. The number of nitrogens with zero attached hydrogens (tertiary/aromatic N) is 1. The summed E-state index contributed by atoms with van der Waals surface area (Å²) in [6.07, 6.45) is 1.29. The lowest BCUT2D eigenvalue weighted by molar-refractivity contribution is 0.163. The molecular weight excluding hydrogens is 248 g/mol. The zero-order chi connectivity index (χ0) is 12.5. The molecule has 1 aliphatic heterocycles. The van der Waals surface area contributed by atoms with Crippen molar-refractivity contribution in [2.45, 2.75) is 19.4 Å². The zero-order valence-electron chi connectivity index (χ0n) is 10.2. The number of rotatable bonds is 3. The molecule has 18 heavy (non-hydrogen) atoms. The maximum absolute atomic E-state index is 9.68. The van der Waals surface area contributed by atoms with Gasteiger partial charge in [0.2, 0.25) is 0 Å². The van der Waals surface area contributed by atoms with Crippen molar-refractivity contribution in [3.05, 3.63) is 17.6 Å². The number of phenols is 1. The van der Waals surface area contributed by atoms with E-state index in [1.807, 2.05) is 0 Å². The van der Waals surface area contributed by atoms with Gasteiger partial charge in [0.25, 0.3) is 0 Å². The molecular formula is C13H16N2O2S. The van der Waals surface area contributed by atoms with E-state index in [2.05, 4.69) is 17.2 Å². The molecule has 4 nitrogen and oxygen atoms in total. The summed E-state index contributed by atoms with van der Waals surface area (Å²) in [5.74, 6) is 1.49. The van der Waals surface area contributed by atoms with Crippen molar-refractivity contribution in [2.75, 3.05) is 13.1 Å². The van der Waals surface area contributed by atoms with Gasteiger partial charge >= 0.3 is 0 Å². The third-order valence-electron chi connectivity index (χ3n) is 3.46. The van der Waals surface area contributed by atoms with E-state index in [0.717, 1.165) is 35.5 Å². The Kier molecular flexibility index (Phi) is 3.09. The van der Waals surface area contributed by atoms with Gasteiger partial charge in [-0.15, -0.1) is 11.3 Å². The first kappa shape index (κ1) is 11.7. The molecule has 2 aromatic rings. The maximum atomic E-state index is 9.68. The highest BCUT2D eigenvalue weighted by atomic mass is 32.1. The van der Waals surface area contributed by atoms with Crippen molar-refractivity contribution in [1.82, 2.24) is 10.3 Å². The number of hydrogen-bond donors (Lipinski definition) is 2. The quantitative estimate of drug-likeness (QED) is 0.893. The fraction of sp³-hybridized carbons (Fsp3) is 0.462. The van der Waals surface area contributed by atoms with E-state index in [1.54, 1.807) is 29.0 Å². The maximum Gasteiger partial charge on any atom is 0.142 e. The largest absolute Gasteiger partial charge is 0.508 e. The van der Waals surface area contributed by atoms with Gasteiger partial charge in [0.05, 0.1) is 15.7 Å². The number of benzene rings is 1. The van der Waals surface area contributed by atoms with Crippen LogP contribution in [0.15, 0.2) is 17.6 Å². The van der Waals surface area contributed by atoms with Crippen molar-refractivity contribution >= 4 is 21.6 Å². The van der Waals surface area contributed by atoms with Crippen LogP contribution in [0.5, 0.6) is 11.5 Å². The van der Waals surface area contributed by atoms with Crippen LogP contribution in [0.25, 0.3) is 10.2 Å². The van der Waals surface area contributed by atoms with E-state index >= 15 is 0 Å². The number of ether oxygens (including phenoxy) is 1. The van der Waals surface area contributed by atoms with Crippen LogP contribution in [0.1, 0.15) is 13.3 Å². The van der Waals surface area contributed by atoms with Gasteiger partial charge in [0, 0.05) is 24.6 Å².